The van der Waals surface area contributed by atoms with Crippen molar-refractivity contribution in [3.63, 3.8) is 0 Å². The van der Waals surface area contributed by atoms with Crippen molar-refractivity contribution in [3.8, 4) is 0 Å². The Kier molecular flexibility index (Phi) is 4.07. The maximum atomic E-state index is 11.8. The summed E-state index contributed by atoms with van der Waals surface area (Å²) < 4.78 is 23.6. The number of sulfone groups is 1. The van der Waals surface area contributed by atoms with Crippen LogP contribution in [0.1, 0.15) is 30.9 Å². The van der Waals surface area contributed by atoms with E-state index >= 15 is 0 Å². The van der Waals surface area contributed by atoms with Crippen molar-refractivity contribution >= 4 is 9.84 Å². The molecule has 1 N–H and O–H groups in total. The standard InChI is InChI=1S/C14H24N4O2S/c1-17-6-4-12(5-7-17)18-8-3-11(10-18)14-13(9-15-16-14)21(2,19)20/h9,11-12H,3-8,10H2,1-2H3,(H,15,16). The van der Waals surface area contributed by atoms with E-state index in [1.165, 1.54) is 25.3 Å². The van der Waals surface area contributed by atoms with E-state index in [9.17, 15) is 8.42 Å². The molecular weight excluding hydrogens is 288 g/mol. The summed E-state index contributed by atoms with van der Waals surface area (Å²) >= 11 is 0. The van der Waals surface area contributed by atoms with Crippen molar-refractivity contribution in [2.45, 2.75) is 36.1 Å². The summed E-state index contributed by atoms with van der Waals surface area (Å²) in [5.41, 5.74) is 0.799. The van der Waals surface area contributed by atoms with E-state index in [4.69, 9.17) is 0 Å². The fourth-order valence-corrected chi connectivity index (χ4v) is 4.44. The molecule has 2 saturated heterocycles. The summed E-state index contributed by atoms with van der Waals surface area (Å²) in [5, 5.41) is 6.87. The average molecular weight is 312 g/mol. The van der Waals surface area contributed by atoms with Gasteiger partial charge in [-0.05, 0) is 45.9 Å². The highest BCUT2D eigenvalue weighted by molar-refractivity contribution is 7.90. The van der Waals surface area contributed by atoms with Crippen LogP contribution < -0.4 is 0 Å². The van der Waals surface area contributed by atoms with E-state index in [1.807, 2.05) is 0 Å². The van der Waals surface area contributed by atoms with Gasteiger partial charge in [0, 0.05) is 24.8 Å². The Labute approximate surface area is 126 Å². The minimum absolute atomic E-state index is 0.261. The number of aromatic nitrogens is 2. The average Bonchev–Trinajstić information content (AvgIpc) is 3.07. The van der Waals surface area contributed by atoms with Gasteiger partial charge in [0.05, 0.1) is 11.9 Å². The fourth-order valence-electron chi connectivity index (χ4n) is 3.59. The molecular formula is C14H24N4O2S. The van der Waals surface area contributed by atoms with Gasteiger partial charge in [-0.15, -0.1) is 0 Å². The molecule has 0 amide bonds. The van der Waals surface area contributed by atoms with E-state index in [1.54, 1.807) is 0 Å². The molecule has 2 fully saturated rings. The number of hydrogen-bond donors (Lipinski definition) is 1. The number of nitrogens with one attached hydrogen (secondary N) is 1. The Morgan fingerprint density at radius 3 is 2.62 bits per heavy atom. The number of nitrogens with zero attached hydrogens (tertiary/aromatic N) is 3. The SMILES string of the molecule is CN1CCC(N2CCC(c3[nH]ncc3S(C)(=O)=O)C2)CC1. The monoisotopic (exact) mass is 312 g/mol. The van der Waals surface area contributed by atoms with Crippen LogP contribution in [-0.4, -0.2) is 73.9 Å². The smallest absolute Gasteiger partial charge is 0.178 e. The highest BCUT2D eigenvalue weighted by Gasteiger charge is 2.33. The lowest BCUT2D eigenvalue weighted by Crippen LogP contribution is -2.42. The lowest BCUT2D eigenvalue weighted by molar-refractivity contribution is 0.142. The second-order valence-corrected chi connectivity index (χ2v) is 8.42. The molecule has 7 heteroatoms. The molecule has 3 heterocycles. The number of hydrogen-bond acceptors (Lipinski definition) is 5. The molecule has 0 aliphatic carbocycles. The summed E-state index contributed by atoms with van der Waals surface area (Å²) in [7, 11) is -1.02. The summed E-state index contributed by atoms with van der Waals surface area (Å²) in [6, 6.07) is 0.649. The zero-order valence-electron chi connectivity index (χ0n) is 12.7. The molecule has 2 aliphatic rings. The zero-order valence-corrected chi connectivity index (χ0v) is 13.6. The molecule has 1 unspecified atom stereocenters. The van der Waals surface area contributed by atoms with Gasteiger partial charge < -0.3 is 4.90 Å². The van der Waals surface area contributed by atoms with Crippen LogP contribution >= 0.6 is 0 Å². The third-order valence-electron chi connectivity index (χ3n) is 4.86. The topological polar surface area (TPSA) is 69.3 Å². The Balaban J connectivity index is 1.69. The van der Waals surface area contributed by atoms with Crippen LogP contribution in [0.3, 0.4) is 0 Å². The summed E-state index contributed by atoms with van der Waals surface area (Å²) in [4.78, 5) is 5.28. The van der Waals surface area contributed by atoms with Crippen molar-refractivity contribution in [1.82, 2.24) is 20.0 Å². The molecule has 2 aliphatic heterocycles. The maximum Gasteiger partial charge on any atom is 0.178 e. The number of rotatable bonds is 3. The summed E-state index contributed by atoms with van der Waals surface area (Å²) in [6.07, 6.45) is 6.14. The predicted octanol–water partition coefficient (Wildman–Crippen LogP) is 0.697. The van der Waals surface area contributed by atoms with Gasteiger partial charge in [-0.2, -0.15) is 5.10 Å². The quantitative estimate of drug-likeness (QED) is 0.889. The van der Waals surface area contributed by atoms with Crippen molar-refractivity contribution in [1.29, 1.82) is 0 Å². The van der Waals surface area contributed by atoms with E-state index in [2.05, 4.69) is 27.0 Å². The van der Waals surface area contributed by atoms with Gasteiger partial charge in [-0.1, -0.05) is 0 Å². The van der Waals surface area contributed by atoms with Gasteiger partial charge >= 0.3 is 0 Å². The molecule has 0 radical (unpaired) electrons. The molecule has 0 aromatic carbocycles. The lowest BCUT2D eigenvalue weighted by atomic mass is 10.0. The lowest BCUT2D eigenvalue weighted by Gasteiger charge is -2.35. The molecule has 3 rings (SSSR count). The summed E-state index contributed by atoms with van der Waals surface area (Å²) in [5.74, 6) is 0.261. The Bertz CT molecular complexity index is 590. The highest BCUT2D eigenvalue weighted by Crippen LogP contribution is 2.32. The molecule has 0 saturated carbocycles. The van der Waals surface area contributed by atoms with Crippen molar-refractivity contribution in [2.75, 3.05) is 39.5 Å². The van der Waals surface area contributed by atoms with Gasteiger partial charge in [0.15, 0.2) is 9.84 Å². The Morgan fingerprint density at radius 1 is 1.24 bits per heavy atom. The first kappa shape index (κ1) is 15.0. The van der Waals surface area contributed by atoms with Gasteiger partial charge in [0.1, 0.15) is 4.90 Å². The number of piperidine rings is 1. The summed E-state index contributed by atoms with van der Waals surface area (Å²) in [6.45, 7) is 4.31. The third kappa shape index (κ3) is 3.14. The second kappa shape index (κ2) is 5.70. The molecule has 6 nitrogen and oxygen atoms in total. The Morgan fingerprint density at radius 2 is 1.95 bits per heavy atom. The normalized spacial score (nSPS) is 26.5. The molecule has 1 aromatic rings. The molecule has 1 aromatic heterocycles. The van der Waals surface area contributed by atoms with Gasteiger partial charge in [0.2, 0.25) is 0 Å². The van der Waals surface area contributed by atoms with Gasteiger partial charge in [0.25, 0.3) is 0 Å². The van der Waals surface area contributed by atoms with Gasteiger partial charge in [-0.25, -0.2) is 8.42 Å². The molecule has 21 heavy (non-hydrogen) atoms. The van der Waals surface area contributed by atoms with Crippen LogP contribution in [0.15, 0.2) is 11.1 Å². The van der Waals surface area contributed by atoms with Crippen molar-refractivity contribution in [3.05, 3.63) is 11.9 Å². The van der Waals surface area contributed by atoms with E-state index < -0.39 is 9.84 Å². The van der Waals surface area contributed by atoms with Crippen LogP contribution in [0, 0.1) is 0 Å². The van der Waals surface area contributed by atoms with E-state index in [0.29, 0.717) is 10.9 Å². The molecule has 1 atom stereocenters. The Hall–Kier alpha value is -0.920. The van der Waals surface area contributed by atoms with E-state index in [-0.39, 0.29) is 5.92 Å². The first-order chi connectivity index (χ1) is 9.95. The highest BCUT2D eigenvalue weighted by atomic mass is 32.2. The third-order valence-corrected chi connectivity index (χ3v) is 5.99. The minimum Gasteiger partial charge on any atom is -0.306 e. The second-order valence-electron chi connectivity index (χ2n) is 6.44. The van der Waals surface area contributed by atoms with Crippen LogP contribution in [0.2, 0.25) is 0 Å². The number of likely N-dealkylation sites (tertiary alicyclic amines) is 2. The maximum absolute atomic E-state index is 11.8. The van der Waals surface area contributed by atoms with Crippen LogP contribution in [-0.2, 0) is 9.84 Å². The van der Waals surface area contributed by atoms with Crippen LogP contribution in [0.5, 0.6) is 0 Å². The fraction of sp³-hybridized carbons (Fsp3) is 0.786. The number of aromatic amines is 1. The minimum atomic E-state index is -3.20. The molecule has 118 valence electrons. The van der Waals surface area contributed by atoms with Crippen molar-refractivity contribution in [2.24, 2.45) is 0 Å². The van der Waals surface area contributed by atoms with Crippen LogP contribution in [0.25, 0.3) is 0 Å². The van der Waals surface area contributed by atoms with Gasteiger partial charge in [-0.3, -0.25) is 10.00 Å². The number of H-pyrrole nitrogens is 1. The first-order valence-corrected chi connectivity index (χ1v) is 9.50. The van der Waals surface area contributed by atoms with Crippen LogP contribution in [0.4, 0.5) is 0 Å². The first-order valence-electron chi connectivity index (χ1n) is 7.61. The molecule has 0 bridgehead atoms. The predicted molar refractivity (Wildman–Crippen MR) is 81.1 cm³/mol. The van der Waals surface area contributed by atoms with Crippen molar-refractivity contribution < 1.29 is 8.42 Å². The van der Waals surface area contributed by atoms with E-state index in [0.717, 1.165) is 38.3 Å². The zero-order chi connectivity index (χ0) is 15.0. The largest absolute Gasteiger partial charge is 0.306 e. The molecule has 0 spiro atoms.